The Bertz CT molecular complexity index is 2980. The van der Waals surface area contributed by atoms with Gasteiger partial charge in [0, 0.05) is 71.8 Å². The zero-order chi connectivity index (χ0) is 67.0. The van der Waals surface area contributed by atoms with E-state index in [1.54, 1.807) is 45.2 Å². The Morgan fingerprint density at radius 1 is 0.880 bits per heavy atom. The molecule has 4 aliphatic heterocycles. The van der Waals surface area contributed by atoms with Gasteiger partial charge in [0.15, 0.2) is 5.72 Å². The molecule has 5 amide bonds. The van der Waals surface area contributed by atoms with Crippen molar-refractivity contribution in [2.45, 2.75) is 127 Å². The van der Waals surface area contributed by atoms with Crippen molar-refractivity contribution in [3.8, 4) is 5.75 Å². The number of allylic oxidation sites excluding steroid dienone is 3. The van der Waals surface area contributed by atoms with E-state index in [0.717, 1.165) is 27.7 Å². The molecule has 0 radical (unpaired) electrons. The molecule has 512 valence electrons. The molecule has 5 heterocycles. The van der Waals surface area contributed by atoms with Crippen LogP contribution in [0, 0.1) is 0 Å². The number of amides is 5. The smallest absolute Gasteiger partial charge is 0.409 e. The number of esters is 1. The van der Waals surface area contributed by atoms with Crippen molar-refractivity contribution in [1.82, 2.24) is 35.9 Å². The van der Waals surface area contributed by atoms with Crippen molar-refractivity contribution in [3.63, 3.8) is 0 Å². The Labute approximate surface area is 543 Å². The van der Waals surface area contributed by atoms with Crippen LogP contribution in [0.4, 0.5) is 10.5 Å². The van der Waals surface area contributed by atoms with Crippen LogP contribution in [0.2, 0.25) is 5.02 Å². The standard InChI is InChI=1S/C64H95ClN8O19/c1-43-14-13-17-52(83-10)64(81)39-54(91-61(80)69-64)63(4)42-62(3,92-63)53(38-57(77)72(8)50-35-45(34-43)36-51(82-9)58(50)65)90-60(79)44(2)71(7)56(76)19-22-84-24-26-86-28-30-88-32-33-89-31-29-87-27-25-85-23-20-67-59(78)48(41-74)68-55(75)18-21-73-47(40-70(6)66-5)37-46-15-11-12-16-49(46)73/h11-17,35-37,44,48,52-54,66,74,81H,18-34,38-42H2,1-10H3,(H,67,78)(H,68,75)(H,69,80)/b17-13+,43-14+/t44-,48-,52+,53-,54-,62+,63?,64-/m0/s1. The second-order valence-electron chi connectivity index (χ2n) is 23.4. The van der Waals surface area contributed by atoms with Crippen LogP contribution in [0.3, 0.4) is 0 Å². The molecule has 1 aromatic heterocycles. The number of halogens is 1. The van der Waals surface area contributed by atoms with Gasteiger partial charge < -0.3 is 87.3 Å². The number of nitrogens with one attached hydrogen (secondary N) is 4. The van der Waals surface area contributed by atoms with Gasteiger partial charge in [-0.2, -0.15) is 0 Å². The number of para-hydroxylation sites is 1. The van der Waals surface area contributed by atoms with Crippen molar-refractivity contribution >= 4 is 63.9 Å². The maximum Gasteiger partial charge on any atom is 0.409 e. The normalized spacial score (nSPS) is 23.3. The molecule has 6 N–H and O–H groups in total. The molecule has 2 saturated heterocycles. The molecule has 8 atom stereocenters. The number of alkyl carbamates (subject to hydrolysis) is 1. The molecule has 3 aromatic rings. The summed E-state index contributed by atoms with van der Waals surface area (Å²) in [6, 6.07) is 11.4. The summed E-state index contributed by atoms with van der Waals surface area (Å²) in [6.07, 6.45) is 1.21. The van der Waals surface area contributed by atoms with Crippen molar-refractivity contribution in [2.24, 2.45) is 0 Å². The maximum absolute atomic E-state index is 14.3. The number of benzene rings is 2. The van der Waals surface area contributed by atoms with E-state index in [2.05, 4.69) is 32.0 Å². The van der Waals surface area contributed by atoms with Crippen molar-refractivity contribution in [2.75, 3.05) is 140 Å². The number of ether oxygens (including phenoxy) is 11. The zero-order valence-corrected chi connectivity index (χ0v) is 55.5. The molecular formula is C64H95ClN8O19. The van der Waals surface area contributed by atoms with E-state index in [1.807, 2.05) is 56.4 Å². The van der Waals surface area contributed by atoms with Gasteiger partial charge in [0.2, 0.25) is 23.6 Å². The summed E-state index contributed by atoms with van der Waals surface area (Å²) in [4.78, 5) is 82.9. The summed E-state index contributed by atoms with van der Waals surface area (Å²) in [6.45, 7) is 10.8. The highest BCUT2D eigenvalue weighted by molar-refractivity contribution is 6.35. The average Bonchev–Trinajstić information content (AvgIpc) is 0.900. The zero-order valence-electron chi connectivity index (χ0n) is 54.7. The van der Waals surface area contributed by atoms with E-state index in [1.165, 1.54) is 38.0 Å². The summed E-state index contributed by atoms with van der Waals surface area (Å²) in [5, 5.41) is 32.7. The summed E-state index contributed by atoms with van der Waals surface area (Å²) in [5.41, 5.74) is 2.74. The second-order valence-corrected chi connectivity index (χ2v) is 23.7. The quantitative estimate of drug-likeness (QED) is 0.0279. The Balaban J connectivity index is 0.821. The van der Waals surface area contributed by atoms with Crippen LogP contribution < -0.4 is 31.0 Å². The Morgan fingerprint density at radius 3 is 2.11 bits per heavy atom. The third-order valence-corrected chi connectivity index (χ3v) is 16.8. The first-order chi connectivity index (χ1) is 44.0. The highest BCUT2D eigenvalue weighted by Gasteiger charge is 2.63. The molecular weight excluding hydrogens is 1220 g/mol. The molecule has 92 heavy (non-hydrogen) atoms. The van der Waals surface area contributed by atoms with E-state index in [4.69, 9.17) is 63.7 Å². The topological polar surface area (TPSA) is 307 Å². The number of aliphatic hydroxyl groups is 2. The molecule has 6 bridgehead atoms. The second kappa shape index (κ2) is 36.4. The van der Waals surface area contributed by atoms with Crippen molar-refractivity contribution in [3.05, 3.63) is 82.5 Å². The molecule has 2 aromatic carbocycles. The third-order valence-electron chi connectivity index (χ3n) is 16.4. The van der Waals surface area contributed by atoms with Gasteiger partial charge in [-0.3, -0.25) is 29.9 Å². The fourth-order valence-corrected chi connectivity index (χ4v) is 11.4. The van der Waals surface area contributed by atoms with Crippen LogP contribution in [0.25, 0.3) is 10.9 Å². The lowest BCUT2D eigenvalue weighted by Gasteiger charge is -2.59. The van der Waals surface area contributed by atoms with Gasteiger partial charge in [-0.25, -0.2) is 14.6 Å². The highest BCUT2D eigenvalue weighted by atomic mass is 35.5. The lowest BCUT2D eigenvalue weighted by molar-refractivity contribution is -0.328. The van der Waals surface area contributed by atoms with Crippen LogP contribution in [0.15, 0.2) is 66.3 Å². The molecule has 7 rings (SSSR count). The van der Waals surface area contributed by atoms with Gasteiger partial charge in [0.25, 0.3) is 0 Å². The Hall–Kier alpha value is -6.31. The number of nitrogens with zero attached hydrogens (tertiary/aromatic N) is 4. The number of methoxy groups -OCH3 is 2. The number of aryl methyl sites for hydroxylation is 1. The number of aliphatic hydroxyl groups excluding tert-OH is 1. The number of carbonyl (C=O) groups is 6. The SMILES string of the molecule is CNN(C)Cc1cc2ccccc2n1CCC(=O)N[C@@H](CO)C(=O)NCCOCCOCCOCCOCCOCCOCCC(=O)N(C)[C@@H](C)C(=O)O[C@H]1CC(=O)N(C)c2cc(cc(OC)c2Cl)C/C(C)=C/C=C/[C@@H](OC)[C@@]2(O)C[C@H](OC(=O)N2)C2(C)C[C@@]1(C)O2. The number of rotatable bonds is 35. The van der Waals surface area contributed by atoms with Crippen LogP contribution >= 0.6 is 11.6 Å². The van der Waals surface area contributed by atoms with Crippen LogP contribution in [-0.2, 0) is 90.9 Å². The number of hydrogen-bond acceptors (Lipinski definition) is 21. The number of likely N-dealkylation sites (N-methyl/N-ethyl adjacent to an activating group) is 1. The first-order valence-corrected chi connectivity index (χ1v) is 31.3. The monoisotopic (exact) mass is 1310 g/mol. The fraction of sp³-hybridized carbons (Fsp3) is 0.625. The van der Waals surface area contributed by atoms with Crippen LogP contribution in [-0.4, -0.2) is 243 Å². The molecule has 1 unspecified atom stereocenters. The highest BCUT2D eigenvalue weighted by Crippen LogP contribution is 2.50. The first-order valence-electron chi connectivity index (χ1n) is 31.0. The van der Waals surface area contributed by atoms with E-state index < -0.39 is 83.7 Å². The molecule has 28 heteroatoms. The summed E-state index contributed by atoms with van der Waals surface area (Å²) >= 11 is 6.82. The molecule has 0 spiro atoms. The van der Waals surface area contributed by atoms with Gasteiger partial charge >= 0.3 is 12.1 Å². The molecule has 2 fully saturated rings. The minimum absolute atomic E-state index is 0.0487. The third kappa shape index (κ3) is 21.4. The number of aromatic nitrogens is 1. The Morgan fingerprint density at radius 2 is 1.50 bits per heavy atom. The van der Waals surface area contributed by atoms with Gasteiger partial charge in [0.05, 0.1) is 118 Å². The average molecular weight is 1320 g/mol. The van der Waals surface area contributed by atoms with Crippen molar-refractivity contribution in [1.29, 1.82) is 0 Å². The van der Waals surface area contributed by atoms with E-state index in [-0.39, 0.29) is 76.0 Å². The Kier molecular flexibility index (Phi) is 29.5. The summed E-state index contributed by atoms with van der Waals surface area (Å²) < 4.78 is 65.2. The lowest BCUT2D eigenvalue weighted by atomic mass is 9.72. The number of hydrazine groups is 1. The molecule has 4 aliphatic rings. The van der Waals surface area contributed by atoms with Gasteiger partial charge in [0.1, 0.15) is 52.4 Å². The predicted octanol–water partition coefficient (Wildman–Crippen LogP) is 3.35. The minimum atomic E-state index is -1.90. The number of carbonyl (C=O) groups excluding carboxylic acids is 6. The lowest BCUT2D eigenvalue weighted by Crippen LogP contribution is -2.72. The molecule has 0 saturated carbocycles. The predicted molar refractivity (Wildman–Crippen MR) is 340 cm³/mol. The largest absolute Gasteiger partial charge is 0.495 e. The van der Waals surface area contributed by atoms with Crippen LogP contribution in [0.5, 0.6) is 5.75 Å². The van der Waals surface area contributed by atoms with E-state index in [0.29, 0.717) is 83.8 Å². The number of anilines is 1. The fourth-order valence-electron chi connectivity index (χ4n) is 11.1. The maximum atomic E-state index is 14.3. The summed E-state index contributed by atoms with van der Waals surface area (Å²) in [5.74, 6) is -2.20. The van der Waals surface area contributed by atoms with Gasteiger partial charge in [-0.05, 0) is 76.4 Å². The summed E-state index contributed by atoms with van der Waals surface area (Å²) in [7, 11) is 9.68. The number of fused-ring (bicyclic) bond motifs is 7. The van der Waals surface area contributed by atoms with Crippen LogP contribution in [0.1, 0.15) is 71.1 Å². The molecule has 27 nitrogen and oxygen atoms in total. The number of hydrogen-bond donors (Lipinski definition) is 6. The van der Waals surface area contributed by atoms with E-state index in [9.17, 15) is 39.0 Å². The van der Waals surface area contributed by atoms with Gasteiger partial charge in [-0.15, -0.1) is 0 Å². The first kappa shape index (κ1) is 74.7. The van der Waals surface area contributed by atoms with Crippen molar-refractivity contribution < 1.29 is 91.1 Å². The minimum Gasteiger partial charge on any atom is -0.495 e. The van der Waals surface area contributed by atoms with Gasteiger partial charge in [-0.1, -0.05) is 53.6 Å². The van der Waals surface area contributed by atoms with E-state index >= 15 is 0 Å². The molecule has 0 aliphatic carbocycles.